The average molecular weight is 229 g/mol. The molecule has 0 heterocycles. The number of hydrogen-bond donors (Lipinski definition) is 0. The van der Waals surface area contributed by atoms with E-state index < -0.39 is 9.07 Å². The molecule has 0 N–H and O–H groups in total. The number of hydrogen-bond acceptors (Lipinski definition) is 1. The molecule has 1 nitrogen and oxygen atoms in total. The van der Waals surface area contributed by atoms with E-state index in [-0.39, 0.29) is 74.3 Å². The summed E-state index contributed by atoms with van der Waals surface area (Å²) in [4.78, 5) is 0. The van der Waals surface area contributed by atoms with E-state index >= 15 is 0 Å². The number of rotatable bonds is 1. The molecule has 0 aromatic rings. The molecule has 0 fully saturated rings. The van der Waals surface area contributed by atoms with Gasteiger partial charge in [0.2, 0.25) is 0 Å². The molecule has 0 aliphatic heterocycles. The van der Waals surface area contributed by atoms with E-state index in [1.54, 1.807) is 0 Å². The molecule has 0 saturated carbocycles. The van der Waals surface area contributed by atoms with Crippen LogP contribution in [0.4, 0.5) is 0 Å². The molecule has 2 unspecified atom stereocenters. The summed E-state index contributed by atoms with van der Waals surface area (Å²) in [7, 11) is 4.29. The van der Waals surface area contributed by atoms with Gasteiger partial charge in [-0.2, -0.15) is 9.90 Å². The standard InChI is InChI=1S/2Al.BH2OPSi.H3P.Ti.5H/c;;1-3-4-2;;;;;;;/h;;3-4H;1H3;;;;;;. The molecule has 0 amide bonds. The van der Waals surface area contributed by atoms with Crippen molar-refractivity contribution in [2.45, 2.75) is 0 Å². The molecule has 0 spiro atoms. The molecule has 2 atom stereocenters. The molecular formula is H10Al2BOP2SiTi. The smallest absolute Gasteiger partial charge is 0.275 e. The van der Waals surface area contributed by atoms with Gasteiger partial charge < -0.3 is 4.46 Å². The quantitative estimate of drug-likeness (QED) is 0.356. The van der Waals surface area contributed by atoms with Gasteiger partial charge in [-0.1, -0.05) is 0 Å². The SMILES string of the molecule is P.[AlH2].[AlH3].[B]P[SiH]=O.[Ti]. The Morgan fingerprint density at radius 1 is 1.50 bits per heavy atom. The van der Waals surface area contributed by atoms with Crippen molar-refractivity contribution in [3.05, 3.63) is 0 Å². The predicted molar refractivity (Wildman–Crippen MR) is 51.5 cm³/mol. The maximum absolute atomic E-state index is 9.27. The first-order valence-electron chi connectivity index (χ1n) is 0.813. The largest absolute Gasteiger partial charge is 0.387 e. The first-order valence-corrected chi connectivity index (χ1v) is 4.17. The van der Waals surface area contributed by atoms with Crippen LogP contribution >= 0.6 is 17.9 Å². The fourth-order valence-corrected chi connectivity index (χ4v) is 0. The molecule has 0 rings (SSSR count). The molecule has 0 bridgehead atoms. The minimum Gasteiger partial charge on any atom is -0.387 e. The van der Waals surface area contributed by atoms with E-state index in [1.807, 2.05) is 0 Å². The maximum Gasteiger partial charge on any atom is 0.275 e. The van der Waals surface area contributed by atoms with Gasteiger partial charge in [0, 0.05) is 21.7 Å². The molecule has 3 radical (unpaired) electrons. The van der Waals surface area contributed by atoms with Gasteiger partial charge in [0.25, 0.3) is 9.07 Å². The van der Waals surface area contributed by atoms with Crippen LogP contribution in [0, 0.1) is 0 Å². The molecule has 0 aliphatic carbocycles. The predicted octanol–water partition coefficient (Wildman–Crippen LogP) is -2.60. The minimum absolute atomic E-state index is 0. The summed E-state index contributed by atoms with van der Waals surface area (Å²) in [6.07, 6.45) is 0. The zero-order valence-electron chi connectivity index (χ0n) is 4.27. The fraction of sp³-hybridized carbons (Fsp3) is 0. The Kier molecular flexibility index (Phi) is 128. The van der Waals surface area contributed by atoms with Gasteiger partial charge in [-0.3, -0.25) is 0 Å². The molecule has 0 saturated heterocycles. The van der Waals surface area contributed by atoms with Crippen molar-refractivity contribution in [2.75, 3.05) is 0 Å². The van der Waals surface area contributed by atoms with E-state index in [0.29, 0.717) is 0 Å². The summed E-state index contributed by atoms with van der Waals surface area (Å²) in [6.45, 7) is 0. The monoisotopic (exact) mass is 229 g/mol. The summed E-state index contributed by atoms with van der Waals surface area (Å²) in [5.41, 5.74) is 0. The van der Waals surface area contributed by atoms with Gasteiger partial charge in [0.05, 0.1) is 0 Å². The second kappa shape index (κ2) is 33.2. The maximum atomic E-state index is 9.27. The summed E-state index contributed by atoms with van der Waals surface area (Å²) in [5, 5.41) is 0. The van der Waals surface area contributed by atoms with Gasteiger partial charge in [-0.15, -0.1) is 8.01 Å². The van der Waals surface area contributed by atoms with E-state index in [9.17, 15) is 4.46 Å². The average Bonchev–Trinajstić information content (AvgIpc) is 1.37. The van der Waals surface area contributed by atoms with Gasteiger partial charge in [0.15, 0.2) is 17.4 Å². The van der Waals surface area contributed by atoms with Crippen LogP contribution in [0.1, 0.15) is 0 Å². The van der Waals surface area contributed by atoms with Crippen LogP contribution in [-0.2, 0) is 26.2 Å². The van der Waals surface area contributed by atoms with Crippen LogP contribution in [0.3, 0.4) is 0 Å². The summed E-state index contributed by atoms with van der Waals surface area (Å²) < 4.78 is 9.27. The molecule has 8 heavy (non-hydrogen) atoms. The van der Waals surface area contributed by atoms with Crippen LogP contribution in [0.2, 0.25) is 0 Å². The van der Waals surface area contributed by atoms with Gasteiger partial charge in [-0.25, -0.2) is 0 Å². The Bertz CT molecular complexity index is 34.0. The van der Waals surface area contributed by atoms with Crippen molar-refractivity contribution >= 4 is 69.3 Å². The molecule has 0 aliphatic rings. The van der Waals surface area contributed by atoms with Crippen LogP contribution in [0.15, 0.2) is 0 Å². The van der Waals surface area contributed by atoms with Crippen molar-refractivity contribution in [1.82, 2.24) is 0 Å². The Morgan fingerprint density at radius 2 is 1.62 bits per heavy atom. The van der Waals surface area contributed by atoms with Crippen molar-refractivity contribution in [1.29, 1.82) is 0 Å². The molecule has 8 heteroatoms. The van der Waals surface area contributed by atoms with Crippen LogP contribution < -0.4 is 0 Å². The van der Waals surface area contributed by atoms with Gasteiger partial charge in [-0.05, 0) is 0 Å². The zero-order chi connectivity index (χ0) is 3.41. The second-order valence-corrected chi connectivity index (χ2v) is 2.56. The Labute approximate surface area is 94.6 Å². The minimum atomic E-state index is -0.662. The van der Waals surface area contributed by atoms with Crippen LogP contribution in [0.5, 0.6) is 0 Å². The van der Waals surface area contributed by atoms with Crippen molar-refractivity contribution < 1.29 is 26.2 Å². The summed E-state index contributed by atoms with van der Waals surface area (Å²) in [5.74, 6) is 0. The third-order valence-electron chi connectivity index (χ3n) is 0.0680. The van der Waals surface area contributed by atoms with Gasteiger partial charge in [0.1, 0.15) is 24.9 Å². The molecule has 0 aromatic carbocycles. The van der Waals surface area contributed by atoms with Crippen molar-refractivity contribution in [3.63, 3.8) is 0 Å². The van der Waals surface area contributed by atoms with Gasteiger partial charge >= 0.3 is 0 Å². The normalized spacial score (nSPS) is 4.50. The molecular weight excluding hydrogens is 219 g/mol. The van der Waals surface area contributed by atoms with E-state index in [1.165, 1.54) is 0 Å². The summed E-state index contributed by atoms with van der Waals surface area (Å²) >= 11 is 0. The van der Waals surface area contributed by atoms with Crippen LogP contribution in [-0.4, -0.2) is 51.4 Å². The Morgan fingerprint density at radius 3 is 1.62 bits per heavy atom. The Balaban J connectivity index is -0.00000000750. The van der Waals surface area contributed by atoms with Crippen molar-refractivity contribution in [3.8, 4) is 0 Å². The first-order chi connectivity index (χ1) is 1.91. The molecule has 0 aromatic heterocycles. The third kappa shape index (κ3) is 37.5. The van der Waals surface area contributed by atoms with E-state index in [0.717, 1.165) is 0 Å². The second-order valence-electron chi connectivity index (χ2n) is 0.285. The summed E-state index contributed by atoms with van der Waals surface area (Å²) in [6, 6.07) is 0. The zero-order valence-corrected chi connectivity index (χ0v) is 11.4. The Hall–Kier alpha value is 2.72. The molecule has 43 valence electrons. The fourth-order valence-electron chi connectivity index (χ4n) is 0. The third-order valence-corrected chi connectivity index (χ3v) is 0.612. The van der Waals surface area contributed by atoms with E-state index in [4.69, 9.17) is 7.57 Å². The topological polar surface area (TPSA) is 17.1 Å². The van der Waals surface area contributed by atoms with Crippen molar-refractivity contribution in [2.24, 2.45) is 0 Å². The van der Waals surface area contributed by atoms with Crippen LogP contribution in [0.25, 0.3) is 0 Å². The first kappa shape index (κ1) is 31.0. The van der Waals surface area contributed by atoms with E-state index in [2.05, 4.69) is 0 Å².